The van der Waals surface area contributed by atoms with E-state index in [0.717, 1.165) is 32.5 Å². The van der Waals surface area contributed by atoms with Gasteiger partial charge >= 0.3 is 5.69 Å². The Bertz CT molecular complexity index is 1180. The number of rotatable bonds is 6. The molecule has 0 saturated carbocycles. The molecule has 0 unspecified atom stereocenters. The van der Waals surface area contributed by atoms with E-state index in [4.69, 9.17) is 4.74 Å². The molecule has 4 rings (SSSR count). The zero-order chi connectivity index (χ0) is 19.5. The molecule has 142 valence electrons. The summed E-state index contributed by atoms with van der Waals surface area (Å²) in [5, 5.41) is 3.40. The number of hydrogen-bond donors (Lipinski definition) is 3. The van der Waals surface area contributed by atoms with Gasteiger partial charge in [-0.25, -0.2) is 4.79 Å². The van der Waals surface area contributed by atoms with Crippen molar-refractivity contribution in [1.29, 1.82) is 0 Å². The van der Waals surface area contributed by atoms with E-state index in [9.17, 15) is 4.79 Å². The van der Waals surface area contributed by atoms with Gasteiger partial charge in [-0.3, -0.25) is 0 Å². The summed E-state index contributed by atoms with van der Waals surface area (Å²) in [5.41, 5.74) is 5.73. The zero-order valence-electron chi connectivity index (χ0n) is 15.4. The lowest BCUT2D eigenvalue weighted by atomic mass is 10.1. The van der Waals surface area contributed by atoms with Crippen molar-refractivity contribution in [3.8, 4) is 5.75 Å². The molecule has 0 atom stereocenters. The van der Waals surface area contributed by atoms with E-state index in [-0.39, 0.29) is 5.69 Å². The highest BCUT2D eigenvalue weighted by Crippen LogP contribution is 2.26. The van der Waals surface area contributed by atoms with Crippen LogP contribution < -0.4 is 15.7 Å². The Balaban J connectivity index is 1.50. The molecule has 0 bridgehead atoms. The molecule has 6 heteroatoms. The van der Waals surface area contributed by atoms with E-state index in [1.807, 2.05) is 42.5 Å². The first-order valence-corrected chi connectivity index (χ1v) is 9.79. The van der Waals surface area contributed by atoms with E-state index < -0.39 is 0 Å². The topological polar surface area (TPSA) is 69.9 Å². The van der Waals surface area contributed by atoms with E-state index in [2.05, 4.69) is 56.3 Å². The van der Waals surface area contributed by atoms with Gasteiger partial charge in [0.15, 0.2) is 0 Å². The molecule has 0 aliphatic carbocycles. The standard InChI is InChI=1S/C22H20BrN3O2/c1-14-4-2-3-5-15(14)13-28-21-9-6-17(23)10-16(21)12-24-18-7-8-19-20(11-18)26-22(27)25-19/h2-11,24H,12-13H2,1H3,(H2,25,26,27). The van der Waals surface area contributed by atoms with Crippen molar-refractivity contribution in [2.45, 2.75) is 20.1 Å². The van der Waals surface area contributed by atoms with Crippen LogP contribution in [0.4, 0.5) is 5.69 Å². The van der Waals surface area contributed by atoms with E-state index in [0.29, 0.717) is 13.2 Å². The number of fused-ring (bicyclic) bond motifs is 1. The maximum Gasteiger partial charge on any atom is 0.323 e. The summed E-state index contributed by atoms with van der Waals surface area (Å²) in [6.45, 7) is 3.21. The van der Waals surface area contributed by atoms with Crippen LogP contribution in [0.25, 0.3) is 11.0 Å². The fraction of sp³-hybridized carbons (Fsp3) is 0.136. The SMILES string of the molecule is Cc1ccccc1COc1ccc(Br)cc1CNc1ccc2[nH]c(=O)[nH]c2c1. The number of nitrogens with one attached hydrogen (secondary N) is 3. The first-order chi connectivity index (χ1) is 13.6. The molecule has 0 fully saturated rings. The molecule has 28 heavy (non-hydrogen) atoms. The minimum Gasteiger partial charge on any atom is -0.489 e. The van der Waals surface area contributed by atoms with Crippen molar-refractivity contribution < 1.29 is 4.74 Å². The van der Waals surface area contributed by atoms with Crippen LogP contribution in [0.2, 0.25) is 0 Å². The average Bonchev–Trinajstić information content (AvgIpc) is 3.06. The first-order valence-electron chi connectivity index (χ1n) is 9.00. The lowest BCUT2D eigenvalue weighted by Gasteiger charge is -2.14. The summed E-state index contributed by atoms with van der Waals surface area (Å²) in [6.07, 6.45) is 0. The monoisotopic (exact) mass is 437 g/mol. The van der Waals surface area contributed by atoms with Gasteiger partial charge in [-0.05, 0) is 54.4 Å². The molecule has 3 N–H and O–H groups in total. The van der Waals surface area contributed by atoms with Gasteiger partial charge in [0.05, 0.1) is 11.0 Å². The minimum absolute atomic E-state index is 0.203. The number of anilines is 1. The molecule has 3 aromatic carbocycles. The van der Waals surface area contributed by atoms with Crippen LogP contribution in [0.15, 0.2) is 69.9 Å². The number of aromatic amines is 2. The van der Waals surface area contributed by atoms with E-state index >= 15 is 0 Å². The number of hydrogen-bond acceptors (Lipinski definition) is 3. The fourth-order valence-electron chi connectivity index (χ4n) is 3.09. The normalized spacial score (nSPS) is 10.9. The first kappa shape index (κ1) is 18.4. The third-order valence-corrected chi connectivity index (χ3v) is 5.16. The van der Waals surface area contributed by atoms with Crippen LogP contribution in [-0.4, -0.2) is 9.97 Å². The summed E-state index contributed by atoms with van der Waals surface area (Å²) >= 11 is 3.54. The van der Waals surface area contributed by atoms with Crippen molar-refractivity contribution in [3.05, 3.63) is 92.3 Å². The molecule has 1 heterocycles. The summed E-state index contributed by atoms with van der Waals surface area (Å²) in [4.78, 5) is 16.9. The van der Waals surface area contributed by atoms with Gasteiger partial charge in [-0.2, -0.15) is 0 Å². The van der Waals surface area contributed by atoms with Gasteiger partial charge < -0.3 is 20.0 Å². The smallest absolute Gasteiger partial charge is 0.323 e. The summed E-state index contributed by atoms with van der Waals surface area (Å²) < 4.78 is 7.11. The van der Waals surface area contributed by atoms with Gasteiger partial charge in [0.1, 0.15) is 12.4 Å². The van der Waals surface area contributed by atoms with Crippen molar-refractivity contribution in [3.63, 3.8) is 0 Å². The Labute approximate surface area is 170 Å². The molecule has 5 nitrogen and oxygen atoms in total. The third kappa shape index (κ3) is 4.12. The van der Waals surface area contributed by atoms with Crippen LogP contribution in [-0.2, 0) is 13.2 Å². The van der Waals surface area contributed by atoms with Crippen molar-refractivity contribution in [2.24, 2.45) is 0 Å². The van der Waals surface area contributed by atoms with Gasteiger partial charge in [-0.1, -0.05) is 40.2 Å². The predicted molar refractivity (Wildman–Crippen MR) is 116 cm³/mol. The Kier molecular flexibility index (Phi) is 5.21. The fourth-order valence-corrected chi connectivity index (χ4v) is 3.50. The van der Waals surface area contributed by atoms with E-state index in [1.54, 1.807) is 0 Å². The highest BCUT2D eigenvalue weighted by atomic mass is 79.9. The predicted octanol–water partition coefficient (Wildman–Crippen LogP) is 5.12. The largest absolute Gasteiger partial charge is 0.489 e. The third-order valence-electron chi connectivity index (χ3n) is 4.67. The average molecular weight is 438 g/mol. The number of halogens is 1. The number of imidazole rings is 1. The Morgan fingerprint density at radius 2 is 1.79 bits per heavy atom. The molecule has 0 aliphatic heterocycles. The van der Waals surface area contributed by atoms with Crippen LogP contribution >= 0.6 is 15.9 Å². The molecule has 0 aliphatic rings. The summed E-state index contributed by atoms with van der Waals surface area (Å²) in [7, 11) is 0. The molecule has 0 radical (unpaired) electrons. The molecule has 0 spiro atoms. The van der Waals surface area contributed by atoms with Crippen molar-refractivity contribution in [1.82, 2.24) is 9.97 Å². The maximum absolute atomic E-state index is 11.4. The van der Waals surface area contributed by atoms with Gasteiger partial charge in [0, 0.05) is 22.3 Å². The lowest BCUT2D eigenvalue weighted by Crippen LogP contribution is -2.04. The van der Waals surface area contributed by atoms with Gasteiger partial charge in [0.2, 0.25) is 0 Å². The second kappa shape index (κ2) is 7.94. The van der Waals surface area contributed by atoms with E-state index in [1.165, 1.54) is 11.1 Å². The zero-order valence-corrected chi connectivity index (χ0v) is 17.0. The highest BCUT2D eigenvalue weighted by Gasteiger charge is 2.07. The summed E-state index contributed by atoms with van der Waals surface area (Å²) in [6, 6.07) is 20.0. The molecular formula is C22H20BrN3O2. The second-order valence-corrected chi connectivity index (χ2v) is 7.58. The molecule has 0 saturated heterocycles. The molecular weight excluding hydrogens is 418 g/mol. The van der Waals surface area contributed by atoms with Gasteiger partial charge in [0.25, 0.3) is 0 Å². The molecule has 1 aromatic heterocycles. The number of benzene rings is 3. The Morgan fingerprint density at radius 3 is 2.64 bits per heavy atom. The quantitative estimate of drug-likeness (QED) is 0.392. The van der Waals surface area contributed by atoms with Crippen molar-refractivity contribution >= 4 is 32.7 Å². The lowest BCUT2D eigenvalue weighted by molar-refractivity contribution is 0.302. The highest BCUT2D eigenvalue weighted by molar-refractivity contribution is 9.10. The van der Waals surface area contributed by atoms with Gasteiger partial charge in [-0.15, -0.1) is 0 Å². The second-order valence-electron chi connectivity index (χ2n) is 6.66. The number of aromatic nitrogens is 2. The number of aryl methyl sites for hydroxylation is 1. The summed E-state index contributed by atoms with van der Waals surface area (Å²) in [5.74, 6) is 0.843. The number of ether oxygens (including phenoxy) is 1. The maximum atomic E-state index is 11.4. The Hall–Kier alpha value is -2.99. The minimum atomic E-state index is -0.203. The number of H-pyrrole nitrogens is 2. The van der Waals surface area contributed by atoms with Crippen LogP contribution in [0.3, 0.4) is 0 Å². The van der Waals surface area contributed by atoms with Crippen molar-refractivity contribution in [2.75, 3.05) is 5.32 Å². The molecule has 0 amide bonds. The Morgan fingerprint density at radius 1 is 0.964 bits per heavy atom. The molecule has 4 aromatic rings. The van der Waals surface area contributed by atoms with Crippen LogP contribution in [0.5, 0.6) is 5.75 Å². The van der Waals surface area contributed by atoms with Crippen LogP contribution in [0.1, 0.15) is 16.7 Å². The van der Waals surface area contributed by atoms with Crippen LogP contribution in [0, 0.1) is 6.92 Å².